The maximum absolute atomic E-state index is 13.6. The average molecular weight is 485 g/mol. The van der Waals surface area contributed by atoms with Gasteiger partial charge in [-0.1, -0.05) is 41.1 Å². The Morgan fingerprint density at radius 2 is 1.66 bits per heavy atom. The van der Waals surface area contributed by atoms with Crippen molar-refractivity contribution in [1.29, 1.82) is 0 Å². The molecular weight excluding hydrogens is 464 g/mol. The van der Waals surface area contributed by atoms with Crippen LogP contribution in [0.1, 0.15) is 10.5 Å². The molecule has 4 heterocycles. The highest BCUT2D eigenvalue weighted by Crippen LogP contribution is 2.29. The van der Waals surface area contributed by atoms with Crippen molar-refractivity contribution in [3.8, 4) is 16.9 Å². The highest BCUT2D eigenvalue weighted by molar-refractivity contribution is 6.32. The zero-order valence-corrected chi connectivity index (χ0v) is 19.4. The summed E-state index contributed by atoms with van der Waals surface area (Å²) in [5.41, 5.74) is 4.24. The van der Waals surface area contributed by atoms with Crippen molar-refractivity contribution in [3.05, 3.63) is 83.8 Å². The summed E-state index contributed by atoms with van der Waals surface area (Å²) in [6, 6.07) is 19.0. The summed E-state index contributed by atoms with van der Waals surface area (Å²) in [6.45, 7) is 2.42. The van der Waals surface area contributed by atoms with Crippen LogP contribution >= 0.6 is 11.6 Å². The average Bonchev–Trinajstić information content (AvgIpc) is 3.54. The van der Waals surface area contributed by atoms with Crippen molar-refractivity contribution in [2.24, 2.45) is 0 Å². The Kier molecular flexibility index (Phi) is 5.38. The van der Waals surface area contributed by atoms with Crippen LogP contribution in [0.25, 0.3) is 28.0 Å². The number of imidazole rings is 1. The van der Waals surface area contributed by atoms with Crippen LogP contribution in [0.3, 0.4) is 0 Å². The Morgan fingerprint density at radius 3 is 2.43 bits per heavy atom. The summed E-state index contributed by atoms with van der Waals surface area (Å²) in [5.74, 6) is 0.653. The van der Waals surface area contributed by atoms with Crippen molar-refractivity contribution in [3.63, 3.8) is 0 Å². The number of nitrogens with zero attached hydrogens (tertiary/aromatic N) is 7. The van der Waals surface area contributed by atoms with Crippen molar-refractivity contribution in [2.45, 2.75) is 0 Å². The number of aromatic amines is 1. The van der Waals surface area contributed by atoms with Gasteiger partial charge in [-0.05, 0) is 36.4 Å². The van der Waals surface area contributed by atoms with Crippen LogP contribution < -0.4 is 4.90 Å². The van der Waals surface area contributed by atoms with Gasteiger partial charge in [0.25, 0.3) is 5.91 Å². The lowest BCUT2D eigenvalue weighted by molar-refractivity contribution is 0.0741. The number of piperazine rings is 1. The van der Waals surface area contributed by atoms with E-state index in [-0.39, 0.29) is 11.6 Å². The summed E-state index contributed by atoms with van der Waals surface area (Å²) in [7, 11) is 0. The number of hydrogen-bond acceptors (Lipinski definition) is 6. The van der Waals surface area contributed by atoms with Crippen molar-refractivity contribution >= 4 is 34.5 Å². The number of aromatic nitrogens is 6. The van der Waals surface area contributed by atoms with E-state index in [1.807, 2.05) is 59.5 Å². The minimum atomic E-state index is -0.167. The van der Waals surface area contributed by atoms with Gasteiger partial charge in [-0.15, -0.1) is 5.10 Å². The van der Waals surface area contributed by atoms with E-state index in [0.717, 1.165) is 22.5 Å². The van der Waals surface area contributed by atoms with Gasteiger partial charge < -0.3 is 14.8 Å². The van der Waals surface area contributed by atoms with Gasteiger partial charge in [0.05, 0.1) is 21.7 Å². The monoisotopic (exact) mass is 484 g/mol. The van der Waals surface area contributed by atoms with E-state index in [2.05, 4.69) is 30.2 Å². The molecular formula is C25H21ClN8O. The van der Waals surface area contributed by atoms with Crippen LogP contribution in [0.2, 0.25) is 5.02 Å². The SMILES string of the molecule is O=C(c1nnn(-c2ccccc2Cl)c1-c1ccncc1)N1CCN(c2nc3ccccc3[nH]2)CC1. The number of halogens is 1. The molecule has 5 aromatic rings. The summed E-state index contributed by atoms with van der Waals surface area (Å²) in [4.78, 5) is 29.8. The number of para-hydroxylation sites is 3. The van der Waals surface area contributed by atoms with E-state index < -0.39 is 0 Å². The molecule has 1 aliphatic rings. The Balaban J connectivity index is 1.28. The first kappa shape index (κ1) is 21.3. The number of rotatable bonds is 4. The van der Waals surface area contributed by atoms with E-state index in [9.17, 15) is 4.79 Å². The van der Waals surface area contributed by atoms with Gasteiger partial charge in [-0.2, -0.15) is 0 Å². The fraction of sp³-hybridized carbons (Fsp3) is 0.160. The molecule has 3 aromatic heterocycles. The van der Waals surface area contributed by atoms with Gasteiger partial charge in [-0.25, -0.2) is 9.67 Å². The smallest absolute Gasteiger partial charge is 0.276 e. The summed E-state index contributed by atoms with van der Waals surface area (Å²) < 4.78 is 1.62. The predicted molar refractivity (Wildman–Crippen MR) is 134 cm³/mol. The van der Waals surface area contributed by atoms with Crippen molar-refractivity contribution in [1.82, 2.24) is 34.8 Å². The van der Waals surface area contributed by atoms with Gasteiger partial charge >= 0.3 is 0 Å². The zero-order valence-electron chi connectivity index (χ0n) is 18.7. The van der Waals surface area contributed by atoms with E-state index in [0.29, 0.717) is 42.6 Å². The lowest BCUT2D eigenvalue weighted by Crippen LogP contribution is -2.49. The molecule has 0 radical (unpaired) electrons. The lowest BCUT2D eigenvalue weighted by atomic mass is 10.1. The maximum atomic E-state index is 13.6. The molecule has 0 bridgehead atoms. The maximum Gasteiger partial charge on any atom is 0.276 e. The second kappa shape index (κ2) is 8.84. The van der Waals surface area contributed by atoms with E-state index in [1.54, 1.807) is 23.1 Å². The second-order valence-electron chi connectivity index (χ2n) is 8.24. The Morgan fingerprint density at radius 1 is 0.914 bits per heavy atom. The largest absolute Gasteiger partial charge is 0.339 e. The van der Waals surface area contributed by atoms with Crippen LogP contribution in [0.15, 0.2) is 73.1 Å². The number of hydrogen-bond donors (Lipinski definition) is 1. The van der Waals surface area contributed by atoms with Gasteiger partial charge in [0.15, 0.2) is 5.69 Å². The lowest BCUT2D eigenvalue weighted by Gasteiger charge is -2.34. The second-order valence-corrected chi connectivity index (χ2v) is 8.65. The molecule has 1 fully saturated rings. The standard InChI is InChI=1S/C25H21ClN8O/c26-18-5-1-4-8-21(18)34-23(17-9-11-27-12-10-17)22(30-31-34)24(35)32-13-15-33(16-14-32)25-28-19-6-2-3-7-20(19)29-25/h1-12H,13-16H2,(H,28,29). The number of carbonyl (C=O) groups excluding carboxylic acids is 1. The summed E-state index contributed by atoms with van der Waals surface area (Å²) in [6.07, 6.45) is 3.36. The van der Waals surface area contributed by atoms with Gasteiger partial charge in [0, 0.05) is 44.1 Å². The van der Waals surface area contributed by atoms with Crippen LogP contribution in [-0.4, -0.2) is 66.9 Å². The third-order valence-corrected chi connectivity index (χ3v) is 6.47. The number of anilines is 1. The molecule has 0 aliphatic carbocycles. The molecule has 174 valence electrons. The zero-order chi connectivity index (χ0) is 23.8. The molecule has 6 rings (SSSR count). The molecule has 35 heavy (non-hydrogen) atoms. The molecule has 9 nitrogen and oxygen atoms in total. The van der Waals surface area contributed by atoms with E-state index in [4.69, 9.17) is 11.6 Å². The fourth-order valence-corrected chi connectivity index (χ4v) is 4.56. The Labute approximate surface area is 206 Å². The normalized spacial score (nSPS) is 14.0. The third-order valence-electron chi connectivity index (χ3n) is 6.15. The number of amides is 1. The van der Waals surface area contributed by atoms with Crippen molar-refractivity contribution in [2.75, 3.05) is 31.1 Å². The Bertz CT molecular complexity index is 1470. The van der Waals surface area contributed by atoms with Crippen LogP contribution in [0, 0.1) is 0 Å². The molecule has 2 aromatic carbocycles. The molecule has 0 spiro atoms. The molecule has 0 unspecified atom stereocenters. The minimum Gasteiger partial charge on any atom is -0.339 e. The quantitative estimate of drug-likeness (QED) is 0.416. The highest BCUT2D eigenvalue weighted by Gasteiger charge is 2.29. The number of fused-ring (bicyclic) bond motifs is 1. The third kappa shape index (κ3) is 3.89. The van der Waals surface area contributed by atoms with Gasteiger partial charge in [0.1, 0.15) is 5.69 Å². The number of carbonyl (C=O) groups is 1. The highest BCUT2D eigenvalue weighted by atomic mass is 35.5. The number of H-pyrrole nitrogens is 1. The van der Waals surface area contributed by atoms with E-state index >= 15 is 0 Å². The van der Waals surface area contributed by atoms with Crippen molar-refractivity contribution < 1.29 is 4.79 Å². The molecule has 1 saturated heterocycles. The van der Waals surface area contributed by atoms with Crippen LogP contribution in [0.5, 0.6) is 0 Å². The minimum absolute atomic E-state index is 0.167. The molecule has 10 heteroatoms. The predicted octanol–water partition coefficient (Wildman–Crippen LogP) is 3.82. The van der Waals surface area contributed by atoms with Crippen LogP contribution in [0.4, 0.5) is 5.95 Å². The topological polar surface area (TPSA) is 95.8 Å². The number of pyridine rings is 1. The molecule has 1 aliphatic heterocycles. The van der Waals surface area contributed by atoms with Crippen LogP contribution in [-0.2, 0) is 0 Å². The fourth-order valence-electron chi connectivity index (χ4n) is 4.35. The molecule has 1 amide bonds. The summed E-state index contributed by atoms with van der Waals surface area (Å²) >= 11 is 6.45. The first-order valence-electron chi connectivity index (χ1n) is 11.3. The van der Waals surface area contributed by atoms with Gasteiger partial charge in [0.2, 0.25) is 5.95 Å². The molecule has 0 atom stereocenters. The first-order chi connectivity index (χ1) is 17.2. The first-order valence-corrected chi connectivity index (χ1v) is 11.7. The molecule has 0 saturated carbocycles. The van der Waals surface area contributed by atoms with Gasteiger partial charge in [-0.3, -0.25) is 9.78 Å². The number of benzene rings is 2. The Hall–Kier alpha value is -4.24. The number of nitrogens with one attached hydrogen (secondary N) is 1. The molecule has 1 N–H and O–H groups in total. The summed E-state index contributed by atoms with van der Waals surface area (Å²) in [5, 5.41) is 9.14. The van der Waals surface area contributed by atoms with E-state index in [1.165, 1.54) is 0 Å².